The molecule has 1 saturated carbocycles. The Bertz CT molecular complexity index is 529. The summed E-state index contributed by atoms with van der Waals surface area (Å²) in [5.74, 6) is 1.64. The van der Waals surface area contributed by atoms with E-state index in [1.807, 2.05) is 6.20 Å². The minimum Gasteiger partial charge on any atom is -0.374 e. The van der Waals surface area contributed by atoms with E-state index in [1.165, 1.54) is 24.8 Å². The molecule has 1 aliphatic heterocycles. The molecular weight excluding hydrogens is 300 g/mol. The molecule has 0 atom stereocenters. The number of hydrogen-bond donors (Lipinski definition) is 0. The van der Waals surface area contributed by atoms with E-state index in [2.05, 4.69) is 37.9 Å². The van der Waals surface area contributed by atoms with Gasteiger partial charge in [0.05, 0.1) is 18.4 Å². The first kappa shape index (κ1) is 17.9. The van der Waals surface area contributed by atoms with Crippen LogP contribution in [0.1, 0.15) is 83.0 Å². The largest absolute Gasteiger partial charge is 0.374 e. The van der Waals surface area contributed by atoms with Gasteiger partial charge in [-0.15, -0.1) is 0 Å². The molecule has 1 aromatic heterocycles. The second kappa shape index (κ2) is 7.17. The quantitative estimate of drug-likeness (QED) is 0.752. The molecule has 2 fully saturated rings. The van der Waals surface area contributed by atoms with Gasteiger partial charge in [-0.1, -0.05) is 32.3 Å². The van der Waals surface area contributed by atoms with Crippen molar-refractivity contribution in [2.45, 2.75) is 83.8 Å². The van der Waals surface area contributed by atoms with Crippen LogP contribution in [0, 0.1) is 5.41 Å². The van der Waals surface area contributed by atoms with E-state index in [0.717, 1.165) is 51.1 Å². The minimum atomic E-state index is 0.137. The van der Waals surface area contributed by atoms with Crippen molar-refractivity contribution in [1.82, 2.24) is 10.1 Å². The van der Waals surface area contributed by atoms with Gasteiger partial charge in [0, 0.05) is 18.0 Å². The fraction of sp³-hybridized carbons (Fsp3) is 0.850. The lowest BCUT2D eigenvalue weighted by Gasteiger charge is -2.36. The van der Waals surface area contributed by atoms with Gasteiger partial charge < -0.3 is 14.2 Å². The van der Waals surface area contributed by atoms with Crippen molar-refractivity contribution in [1.29, 1.82) is 0 Å². The summed E-state index contributed by atoms with van der Waals surface area (Å²) in [7, 11) is 2.19. The maximum absolute atomic E-state index is 6.25. The van der Waals surface area contributed by atoms with Crippen LogP contribution in [0.5, 0.6) is 0 Å². The van der Waals surface area contributed by atoms with Gasteiger partial charge >= 0.3 is 0 Å². The molecule has 4 nitrogen and oxygen atoms in total. The van der Waals surface area contributed by atoms with Gasteiger partial charge in [0.1, 0.15) is 5.76 Å². The first-order valence-corrected chi connectivity index (χ1v) is 9.69. The molecule has 0 N–H and O–H groups in total. The highest BCUT2D eigenvalue weighted by Gasteiger charge is 2.47. The van der Waals surface area contributed by atoms with Crippen LogP contribution in [0.25, 0.3) is 0 Å². The molecule has 2 heterocycles. The summed E-state index contributed by atoms with van der Waals surface area (Å²) in [6, 6.07) is 0. The Hall–Kier alpha value is -0.870. The predicted octanol–water partition coefficient (Wildman–Crippen LogP) is 4.75. The predicted molar refractivity (Wildman–Crippen MR) is 96.0 cm³/mol. The summed E-state index contributed by atoms with van der Waals surface area (Å²) in [4.78, 5) is 2.38. The summed E-state index contributed by atoms with van der Waals surface area (Å²) in [6.45, 7) is 9.89. The lowest BCUT2D eigenvalue weighted by molar-refractivity contribution is -0.0308. The highest BCUT2D eigenvalue weighted by atomic mass is 16.5. The zero-order chi connectivity index (χ0) is 17.2. The smallest absolute Gasteiger partial charge is 0.144 e. The van der Waals surface area contributed by atoms with E-state index in [4.69, 9.17) is 9.26 Å². The molecule has 1 aromatic rings. The second-order valence-electron chi connectivity index (χ2n) is 8.89. The monoisotopic (exact) mass is 334 g/mol. The lowest BCUT2D eigenvalue weighted by Crippen LogP contribution is -2.33. The number of rotatable bonds is 6. The Labute approximate surface area is 146 Å². The SMILES string of the molecule is CCCCN(C)Cc1cnoc1C1CCC2(CC1)CC(C)(C)CO2. The Morgan fingerprint density at radius 1 is 1.29 bits per heavy atom. The van der Waals surface area contributed by atoms with Crippen LogP contribution in [0.2, 0.25) is 0 Å². The molecule has 4 heteroatoms. The first-order chi connectivity index (χ1) is 11.4. The normalized spacial score (nSPS) is 29.6. The number of nitrogens with zero attached hydrogens (tertiary/aromatic N) is 2. The highest BCUT2D eigenvalue weighted by Crippen LogP contribution is 2.50. The number of aromatic nitrogens is 1. The van der Waals surface area contributed by atoms with Crippen molar-refractivity contribution in [3.05, 3.63) is 17.5 Å². The van der Waals surface area contributed by atoms with E-state index in [1.54, 1.807) is 0 Å². The maximum atomic E-state index is 6.25. The van der Waals surface area contributed by atoms with Gasteiger partial charge in [-0.05, 0) is 57.5 Å². The van der Waals surface area contributed by atoms with Crippen LogP contribution in [0.3, 0.4) is 0 Å². The second-order valence-corrected chi connectivity index (χ2v) is 8.89. The molecule has 24 heavy (non-hydrogen) atoms. The average Bonchev–Trinajstić information content (AvgIpc) is 3.11. The van der Waals surface area contributed by atoms with Gasteiger partial charge in [-0.3, -0.25) is 0 Å². The van der Waals surface area contributed by atoms with Gasteiger partial charge in [0.25, 0.3) is 0 Å². The van der Waals surface area contributed by atoms with Gasteiger partial charge in [-0.2, -0.15) is 0 Å². The van der Waals surface area contributed by atoms with Gasteiger partial charge in [-0.25, -0.2) is 0 Å². The highest BCUT2D eigenvalue weighted by molar-refractivity contribution is 5.19. The lowest BCUT2D eigenvalue weighted by atomic mass is 9.72. The van der Waals surface area contributed by atoms with Crippen LogP contribution < -0.4 is 0 Å². The van der Waals surface area contributed by atoms with Crippen molar-refractivity contribution >= 4 is 0 Å². The van der Waals surface area contributed by atoms with Crippen molar-refractivity contribution in [3.63, 3.8) is 0 Å². The van der Waals surface area contributed by atoms with Crippen LogP contribution in [0.15, 0.2) is 10.7 Å². The van der Waals surface area contributed by atoms with Crippen molar-refractivity contribution in [3.8, 4) is 0 Å². The molecule has 2 aliphatic rings. The van der Waals surface area contributed by atoms with Gasteiger partial charge in [0.2, 0.25) is 0 Å². The molecular formula is C20H34N2O2. The number of hydrogen-bond acceptors (Lipinski definition) is 4. The summed E-state index contributed by atoms with van der Waals surface area (Å²) in [5.41, 5.74) is 1.76. The third-order valence-electron chi connectivity index (χ3n) is 5.85. The van der Waals surface area contributed by atoms with Crippen LogP contribution in [0.4, 0.5) is 0 Å². The van der Waals surface area contributed by atoms with Crippen LogP contribution in [-0.4, -0.2) is 35.9 Å². The molecule has 0 radical (unpaired) electrons. The third-order valence-corrected chi connectivity index (χ3v) is 5.85. The van der Waals surface area contributed by atoms with E-state index in [0.29, 0.717) is 11.3 Å². The summed E-state index contributed by atoms with van der Waals surface area (Å²) >= 11 is 0. The molecule has 0 unspecified atom stereocenters. The summed E-state index contributed by atoms with van der Waals surface area (Å²) in [6.07, 6.45) is 10.3. The van der Waals surface area contributed by atoms with Crippen LogP contribution in [-0.2, 0) is 11.3 Å². The first-order valence-electron chi connectivity index (χ1n) is 9.69. The Kier molecular flexibility index (Phi) is 5.36. The van der Waals surface area contributed by atoms with E-state index >= 15 is 0 Å². The molecule has 0 amide bonds. The minimum absolute atomic E-state index is 0.137. The molecule has 1 saturated heterocycles. The molecule has 0 bridgehead atoms. The van der Waals surface area contributed by atoms with E-state index in [-0.39, 0.29) is 5.60 Å². The number of ether oxygens (including phenoxy) is 1. The van der Waals surface area contributed by atoms with E-state index < -0.39 is 0 Å². The van der Waals surface area contributed by atoms with Crippen molar-refractivity contribution < 1.29 is 9.26 Å². The molecule has 3 rings (SSSR count). The molecule has 0 aromatic carbocycles. The number of unbranched alkanes of at least 4 members (excludes halogenated alkanes) is 1. The zero-order valence-corrected chi connectivity index (χ0v) is 15.9. The van der Waals surface area contributed by atoms with Gasteiger partial charge in [0.15, 0.2) is 0 Å². The molecule has 1 aliphatic carbocycles. The summed E-state index contributed by atoms with van der Waals surface area (Å²) < 4.78 is 11.9. The Balaban J connectivity index is 1.58. The standard InChI is InChI=1S/C20H34N2O2/c1-5-6-11-22(4)13-17-12-21-24-18(17)16-7-9-20(10-8-16)14-19(2,3)15-23-20/h12,16H,5-11,13-15H2,1-4H3. The van der Waals surface area contributed by atoms with Crippen LogP contribution >= 0.6 is 0 Å². The molecule has 136 valence electrons. The van der Waals surface area contributed by atoms with Crippen molar-refractivity contribution in [2.75, 3.05) is 20.2 Å². The maximum Gasteiger partial charge on any atom is 0.144 e. The fourth-order valence-corrected chi connectivity index (χ4v) is 4.57. The van der Waals surface area contributed by atoms with E-state index in [9.17, 15) is 0 Å². The third kappa shape index (κ3) is 4.02. The summed E-state index contributed by atoms with van der Waals surface area (Å²) in [5, 5.41) is 4.11. The topological polar surface area (TPSA) is 38.5 Å². The fourth-order valence-electron chi connectivity index (χ4n) is 4.57. The average molecular weight is 335 g/mol. The zero-order valence-electron chi connectivity index (χ0n) is 15.9. The Morgan fingerprint density at radius 3 is 2.67 bits per heavy atom. The Morgan fingerprint density at radius 2 is 2.04 bits per heavy atom. The van der Waals surface area contributed by atoms with Crippen molar-refractivity contribution in [2.24, 2.45) is 5.41 Å². The molecule has 1 spiro atoms.